The number of hydrogen-bond acceptors (Lipinski definition) is 7. The van der Waals surface area contributed by atoms with Crippen molar-refractivity contribution in [3.8, 4) is 6.07 Å². The molecule has 1 aromatic heterocycles. The van der Waals surface area contributed by atoms with E-state index in [0.29, 0.717) is 17.7 Å². The summed E-state index contributed by atoms with van der Waals surface area (Å²) in [4.78, 5) is 30.6. The van der Waals surface area contributed by atoms with E-state index in [1.807, 2.05) is 26.0 Å². The van der Waals surface area contributed by atoms with Crippen LogP contribution < -0.4 is 5.32 Å². The lowest BCUT2D eigenvalue weighted by Crippen LogP contribution is -2.53. The largest absolute Gasteiger partial charge is 0.457 e. The number of β-amino-alcohol motifs (C(OH)–C–C–N with tert-alkyl or cyclic N) is 1. The first kappa shape index (κ1) is 21.9. The Morgan fingerprint density at radius 2 is 2.09 bits per heavy atom. The van der Waals surface area contributed by atoms with Crippen molar-refractivity contribution in [2.75, 3.05) is 19.6 Å². The minimum Gasteiger partial charge on any atom is -0.457 e. The molecule has 2 aromatic rings. The highest BCUT2D eigenvalue weighted by molar-refractivity contribution is 5.94. The van der Waals surface area contributed by atoms with Gasteiger partial charge in [0, 0.05) is 36.9 Å². The molecule has 0 bridgehead atoms. The average molecular weight is 434 g/mol. The van der Waals surface area contributed by atoms with E-state index in [2.05, 4.69) is 15.2 Å². The Balaban J connectivity index is 1.34. The number of aliphatic hydroxyl groups is 1. The molecule has 0 spiro atoms. The van der Waals surface area contributed by atoms with E-state index in [-0.39, 0.29) is 29.7 Å². The van der Waals surface area contributed by atoms with Gasteiger partial charge in [-0.25, -0.2) is 9.78 Å². The second kappa shape index (κ2) is 8.69. The summed E-state index contributed by atoms with van der Waals surface area (Å²) >= 11 is 0. The zero-order chi connectivity index (χ0) is 22.9. The Labute approximate surface area is 186 Å². The van der Waals surface area contributed by atoms with Gasteiger partial charge in [-0.15, -0.1) is 0 Å². The third-order valence-corrected chi connectivity index (χ3v) is 6.50. The number of nitrogens with one attached hydrogen (secondary N) is 1. The van der Waals surface area contributed by atoms with Gasteiger partial charge >= 0.3 is 5.97 Å². The molecule has 1 unspecified atom stereocenters. The summed E-state index contributed by atoms with van der Waals surface area (Å²) in [7, 11) is 0. The van der Waals surface area contributed by atoms with Crippen molar-refractivity contribution in [3.05, 3.63) is 64.0 Å². The van der Waals surface area contributed by atoms with Gasteiger partial charge in [0.1, 0.15) is 18.4 Å². The number of carbonyl (C=O) groups excluding carboxylic acids is 2. The number of ether oxygens (including phenoxy) is 1. The van der Waals surface area contributed by atoms with Crippen LogP contribution in [0.5, 0.6) is 0 Å². The average Bonchev–Trinajstić information content (AvgIpc) is 3.17. The predicted molar refractivity (Wildman–Crippen MR) is 116 cm³/mol. The summed E-state index contributed by atoms with van der Waals surface area (Å²) in [5, 5.41) is 22.8. The lowest BCUT2D eigenvalue weighted by atomic mass is 9.88. The highest BCUT2D eigenvalue weighted by atomic mass is 16.5. The molecule has 1 amide bonds. The Hall–Kier alpha value is -3.28. The Morgan fingerprint density at radius 1 is 1.34 bits per heavy atom. The smallest absolute Gasteiger partial charge is 0.338 e. The molecule has 4 rings (SSSR count). The number of amides is 1. The SMILES string of the molecule is Cc1c(C(O)CN2CCC(C)(NC(=O)c3ccc(C#N)cn3)CC2)ccc2c1COC2=O. The lowest BCUT2D eigenvalue weighted by molar-refractivity contribution is 0.0534. The van der Waals surface area contributed by atoms with Crippen LogP contribution in [0.1, 0.15) is 69.0 Å². The first-order valence-corrected chi connectivity index (χ1v) is 10.7. The van der Waals surface area contributed by atoms with E-state index in [1.54, 1.807) is 18.2 Å². The van der Waals surface area contributed by atoms with Crippen LogP contribution in [0, 0.1) is 18.3 Å². The van der Waals surface area contributed by atoms with Crippen LogP contribution in [0.25, 0.3) is 0 Å². The van der Waals surface area contributed by atoms with E-state index >= 15 is 0 Å². The Kier molecular flexibility index (Phi) is 5.96. The second-order valence-corrected chi connectivity index (χ2v) is 8.76. The molecule has 166 valence electrons. The first-order chi connectivity index (χ1) is 15.3. The summed E-state index contributed by atoms with van der Waals surface area (Å²) < 4.78 is 5.10. The maximum atomic E-state index is 12.6. The van der Waals surface area contributed by atoms with E-state index in [9.17, 15) is 14.7 Å². The molecule has 2 aliphatic heterocycles. The van der Waals surface area contributed by atoms with Crippen LogP contribution in [0.15, 0.2) is 30.5 Å². The molecule has 32 heavy (non-hydrogen) atoms. The fourth-order valence-corrected chi connectivity index (χ4v) is 4.36. The molecular weight excluding hydrogens is 408 g/mol. The van der Waals surface area contributed by atoms with E-state index < -0.39 is 6.10 Å². The molecule has 1 aromatic carbocycles. The quantitative estimate of drug-likeness (QED) is 0.694. The van der Waals surface area contributed by atoms with Crippen LogP contribution in [0.3, 0.4) is 0 Å². The molecule has 2 aliphatic rings. The van der Waals surface area contributed by atoms with Gasteiger partial charge in [0.25, 0.3) is 5.91 Å². The normalized spacial score (nSPS) is 18.4. The van der Waals surface area contributed by atoms with Crippen molar-refractivity contribution in [3.63, 3.8) is 0 Å². The minimum atomic E-state index is -0.669. The number of hydrogen-bond donors (Lipinski definition) is 2. The number of aliphatic hydroxyl groups excluding tert-OH is 1. The third kappa shape index (κ3) is 4.35. The fraction of sp³-hybridized carbons (Fsp3) is 0.417. The van der Waals surface area contributed by atoms with Gasteiger partial charge in [0.2, 0.25) is 0 Å². The first-order valence-electron chi connectivity index (χ1n) is 10.7. The van der Waals surface area contributed by atoms with Crippen molar-refractivity contribution >= 4 is 11.9 Å². The standard InChI is InChI=1S/C24H26N4O4/c1-15-17(4-5-18-19(15)14-32-23(18)31)21(29)13-28-9-7-24(2,8-10-28)27-22(30)20-6-3-16(11-25)12-26-20/h3-6,12,21,29H,7-10,13-14H2,1-2H3,(H,27,30). The molecule has 2 N–H and O–H groups in total. The maximum absolute atomic E-state index is 12.6. The Morgan fingerprint density at radius 3 is 2.75 bits per heavy atom. The van der Waals surface area contributed by atoms with Crippen molar-refractivity contribution in [2.24, 2.45) is 0 Å². The highest BCUT2D eigenvalue weighted by Gasteiger charge is 2.33. The van der Waals surface area contributed by atoms with Crippen molar-refractivity contribution in [2.45, 2.75) is 44.9 Å². The second-order valence-electron chi connectivity index (χ2n) is 8.76. The number of piperidine rings is 1. The van der Waals surface area contributed by atoms with Gasteiger partial charge < -0.3 is 20.1 Å². The monoisotopic (exact) mass is 434 g/mol. The predicted octanol–water partition coefficient (Wildman–Crippen LogP) is 2.25. The van der Waals surface area contributed by atoms with Gasteiger partial charge in [-0.1, -0.05) is 6.07 Å². The van der Waals surface area contributed by atoms with Gasteiger partial charge in [-0.3, -0.25) is 4.79 Å². The molecule has 1 atom stereocenters. The molecular formula is C24H26N4O4. The molecule has 8 heteroatoms. The number of benzene rings is 1. The maximum Gasteiger partial charge on any atom is 0.338 e. The molecule has 0 radical (unpaired) electrons. The topological polar surface area (TPSA) is 116 Å². The highest BCUT2D eigenvalue weighted by Crippen LogP contribution is 2.30. The van der Waals surface area contributed by atoms with Crippen LogP contribution in [0.4, 0.5) is 0 Å². The van der Waals surface area contributed by atoms with Crippen molar-refractivity contribution in [1.82, 2.24) is 15.2 Å². The van der Waals surface area contributed by atoms with Crippen LogP contribution in [-0.2, 0) is 11.3 Å². The zero-order valence-corrected chi connectivity index (χ0v) is 18.2. The Bertz CT molecular complexity index is 1080. The number of cyclic esters (lactones) is 1. The fourth-order valence-electron chi connectivity index (χ4n) is 4.36. The van der Waals surface area contributed by atoms with Crippen LogP contribution >= 0.6 is 0 Å². The number of aromatic nitrogens is 1. The number of rotatable bonds is 5. The molecule has 0 aliphatic carbocycles. The number of carbonyl (C=O) groups is 2. The number of nitriles is 1. The van der Waals surface area contributed by atoms with Crippen LogP contribution in [0.2, 0.25) is 0 Å². The molecule has 8 nitrogen and oxygen atoms in total. The summed E-state index contributed by atoms with van der Waals surface area (Å²) in [6.45, 7) is 6.15. The van der Waals surface area contributed by atoms with Crippen molar-refractivity contribution in [1.29, 1.82) is 5.26 Å². The molecule has 1 saturated heterocycles. The zero-order valence-electron chi connectivity index (χ0n) is 18.2. The molecule has 3 heterocycles. The van der Waals surface area contributed by atoms with Gasteiger partial charge in [-0.05, 0) is 56.0 Å². The van der Waals surface area contributed by atoms with E-state index in [0.717, 1.165) is 42.6 Å². The number of nitrogens with zero attached hydrogens (tertiary/aromatic N) is 3. The number of pyridine rings is 1. The molecule has 0 saturated carbocycles. The number of esters is 1. The molecule has 1 fully saturated rings. The summed E-state index contributed by atoms with van der Waals surface area (Å²) in [6, 6.07) is 8.67. The summed E-state index contributed by atoms with van der Waals surface area (Å²) in [5.41, 5.74) is 3.50. The third-order valence-electron chi connectivity index (χ3n) is 6.50. The number of likely N-dealkylation sites (tertiary alicyclic amines) is 1. The minimum absolute atomic E-state index is 0.254. The number of fused-ring (bicyclic) bond motifs is 1. The van der Waals surface area contributed by atoms with Crippen molar-refractivity contribution < 1.29 is 19.4 Å². The van der Waals surface area contributed by atoms with E-state index in [4.69, 9.17) is 10.00 Å². The van der Waals surface area contributed by atoms with Gasteiger partial charge in [0.15, 0.2) is 0 Å². The summed E-state index contributed by atoms with van der Waals surface area (Å²) in [6.07, 6.45) is 2.21. The van der Waals surface area contributed by atoms with Gasteiger partial charge in [0.05, 0.1) is 17.2 Å². The lowest BCUT2D eigenvalue weighted by Gasteiger charge is -2.40. The van der Waals surface area contributed by atoms with Crippen LogP contribution in [-0.4, -0.2) is 52.0 Å². The van der Waals surface area contributed by atoms with E-state index in [1.165, 1.54) is 6.20 Å². The van der Waals surface area contributed by atoms with Gasteiger partial charge in [-0.2, -0.15) is 5.26 Å². The summed E-state index contributed by atoms with van der Waals surface area (Å²) in [5.74, 6) is -0.561.